The highest BCUT2D eigenvalue weighted by Gasteiger charge is 2.33. The first-order valence-electron chi connectivity index (χ1n) is 7.08. The number of thioether (sulfide) groups is 2. The van der Waals surface area contributed by atoms with E-state index in [0.29, 0.717) is 5.75 Å². The molecule has 2 aromatic rings. The van der Waals surface area contributed by atoms with Gasteiger partial charge in [0.05, 0.1) is 12.3 Å². The summed E-state index contributed by atoms with van der Waals surface area (Å²) in [4.78, 5) is 14.9. The van der Waals surface area contributed by atoms with E-state index in [1.54, 1.807) is 16.7 Å². The molecule has 1 aliphatic rings. The number of hydrogen-bond donors (Lipinski definition) is 0. The van der Waals surface area contributed by atoms with Gasteiger partial charge in [-0.3, -0.25) is 4.79 Å². The molecule has 1 saturated heterocycles. The first-order valence-corrected chi connectivity index (χ1v) is 9.35. The van der Waals surface area contributed by atoms with Gasteiger partial charge in [-0.2, -0.15) is 0 Å². The van der Waals surface area contributed by atoms with E-state index in [1.165, 1.54) is 23.9 Å². The standard InChI is InChI=1S/C17H15F2NOS2/c1-22-13-7-5-11(6-8-13)17-20(15(21)10-23-17)9-12-3-2-4-14(18)16(12)19/h2-8,17H,9-10H2,1H3. The van der Waals surface area contributed by atoms with Crippen molar-refractivity contribution in [3.63, 3.8) is 0 Å². The average molecular weight is 351 g/mol. The van der Waals surface area contributed by atoms with Crippen LogP contribution in [0, 0.1) is 11.6 Å². The van der Waals surface area contributed by atoms with Crippen molar-refractivity contribution in [2.45, 2.75) is 16.8 Å². The lowest BCUT2D eigenvalue weighted by Gasteiger charge is -2.24. The van der Waals surface area contributed by atoms with E-state index in [0.717, 1.165) is 16.5 Å². The fraction of sp³-hybridized carbons (Fsp3) is 0.235. The molecule has 0 aliphatic carbocycles. The second kappa shape index (κ2) is 6.93. The van der Waals surface area contributed by atoms with Crippen molar-refractivity contribution in [2.75, 3.05) is 12.0 Å². The van der Waals surface area contributed by atoms with E-state index in [2.05, 4.69) is 0 Å². The molecule has 1 heterocycles. The number of carbonyl (C=O) groups is 1. The van der Waals surface area contributed by atoms with Gasteiger partial charge in [-0.1, -0.05) is 24.3 Å². The van der Waals surface area contributed by atoms with Gasteiger partial charge < -0.3 is 4.90 Å². The van der Waals surface area contributed by atoms with E-state index in [1.807, 2.05) is 30.5 Å². The molecule has 2 nitrogen and oxygen atoms in total. The van der Waals surface area contributed by atoms with Crippen LogP contribution in [-0.2, 0) is 11.3 Å². The Morgan fingerprint density at radius 3 is 2.65 bits per heavy atom. The van der Waals surface area contributed by atoms with E-state index >= 15 is 0 Å². The normalized spacial score (nSPS) is 17.8. The van der Waals surface area contributed by atoms with Crippen LogP contribution in [0.3, 0.4) is 0 Å². The van der Waals surface area contributed by atoms with Crippen molar-refractivity contribution in [3.8, 4) is 0 Å². The van der Waals surface area contributed by atoms with Gasteiger partial charge in [-0.05, 0) is 30.0 Å². The zero-order chi connectivity index (χ0) is 16.4. The highest BCUT2D eigenvalue weighted by Crippen LogP contribution is 2.40. The number of hydrogen-bond acceptors (Lipinski definition) is 3. The average Bonchev–Trinajstić information content (AvgIpc) is 2.93. The number of carbonyl (C=O) groups excluding carboxylic acids is 1. The van der Waals surface area contributed by atoms with E-state index in [4.69, 9.17) is 0 Å². The Balaban J connectivity index is 1.86. The molecule has 23 heavy (non-hydrogen) atoms. The molecule has 0 saturated carbocycles. The largest absolute Gasteiger partial charge is 0.321 e. The Hall–Kier alpha value is -1.53. The lowest BCUT2D eigenvalue weighted by molar-refractivity contribution is -0.128. The third kappa shape index (κ3) is 3.38. The minimum absolute atomic E-state index is 0.0578. The number of amides is 1. The quantitative estimate of drug-likeness (QED) is 0.759. The summed E-state index contributed by atoms with van der Waals surface area (Å²) in [5.74, 6) is -1.47. The molecule has 1 aliphatic heterocycles. The van der Waals surface area contributed by atoms with Crippen molar-refractivity contribution in [1.82, 2.24) is 4.90 Å². The number of halogens is 2. The molecule has 0 N–H and O–H groups in total. The van der Waals surface area contributed by atoms with Crippen LogP contribution >= 0.6 is 23.5 Å². The molecule has 1 atom stereocenters. The van der Waals surface area contributed by atoms with Crippen LogP contribution in [0.15, 0.2) is 47.4 Å². The van der Waals surface area contributed by atoms with Crippen molar-refractivity contribution < 1.29 is 13.6 Å². The smallest absolute Gasteiger partial charge is 0.234 e. The first kappa shape index (κ1) is 16.3. The minimum atomic E-state index is -0.886. The van der Waals surface area contributed by atoms with Gasteiger partial charge in [0, 0.05) is 10.5 Å². The van der Waals surface area contributed by atoms with Crippen LogP contribution < -0.4 is 0 Å². The van der Waals surface area contributed by atoms with Crippen molar-refractivity contribution >= 4 is 29.4 Å². The van der Waals surface area contributed by atoms with Crippen LogP contribution in [0.25, 0.3) is 0 Å². The maximum atomic E-state index is 13.9. The summed E-state index contributed by atoms with van der Waals surface area (Å²) in [6, 6.07) is 12.0. The van der Waals surface area contributed by atoms with Gasteiger partial charge in [-0.25, -0.2) is 8.78 Å². The minimum Gasteiger partial charge on any atom is -0.321 e. The van der Waals surface area contributed by atoms with Crippen LogP contribution in [0.1, 0.15) is 16.5 Å². The van der Waals surface area contributed by atoms with E-state index in [-0.39, 0.29) is 23.4 Å². The van der Waals surface area contributed by atoms with E-state index in [9.17, 15) is 13.6 Å². The lowest BCUT2D eigenvalue weighted by atomic mass is 10.1. The molecule has 0 radical (unpaired) electrons. The summed E-state index contributed by atoms with van der Waals surface area (Å²) in [6.45, 7) is 0.0738. The van der Waals surface area contributed by atoms with Crippen LogP contribution in [0.5, 0.6) is 0 Å². The predicted molar refractivity (Wildman–Crippen MR) is 90.3 cm³/mol. The van der Waals surface area contributed by atoms with Gasteiger partial charge in [0.1, 0.15) is 5.37 Å². The third-order valence-corrected chi connectivity index (χ3v) is 5.74. The Kier molecular flexibility index (Phi) is 4.92. The van der Waals surface area contributed by atoms with Crippen LogP contribution in [0.4, 0.5) is 8.78 Å². The molecule has 6 heteroatoms. The van der Waals surface area contributed by atoms with E-state index < -0.39 is 11.6 Å². The maximum Gasteiger partial charge on any atom is 0.234 e. The van der Waals surface area contributed by atoms with Gasteiger partial charge in [0.2, 0.25) is 5.91 Å². The highest BCUT2D eigenvalue weighted by atomic mass is 32.2. The molecule has 1 fully saturated rings. The van der Waals surface area contributed by atoms with Crippen LogP contribution in [-0.4, -0.2) is 22.8 Å². The van der Waals surface area contributed by atoms with Crippen molar-refractivity contribution in [2.24, 2.45) is 0 Å². The summed E-state index contributed by atoms with van der Waals surface area (Å²) >= 11 is 3.16. The lowest BCUT2D eigenvalue weighted by Crippen LogP contribution is -2.28. The zero-order valence-electron chi connectivity index (χ0n) is 12.5. The predicted octanol–water partition coefficient (Wildman–Crippen LogP) is 4.46. The second-order valence-corrected chi connectivity index (χ2v) is 7.12. The van der Waals surface area contributed by atoms with Gasteiger partial charge in [-0.15, -0.1) is 23.5 Å². The Bertz CT molecular complexity index is 721. The summed E-state index contributed by atoms with van der Waals surface area (Å²) < 4.78 is 27.3. The molecule has 0 aromatic heterocycles. The Labute approximate surface area is 142 Å². The summed E-state index contributed by atoms with van der Waals surface area (Å²) in [5, 5.41) is -0.166. The third-order valence-electron chi connectivity index (χ3n) is 3.74. The summed E-state index contributed by atoms with van der Waals surface area (Å²) in [5.41, 5.74) is 1.20. The van der Waals surface area contributed by atoms with Gasteiger partial charge >= 0.3 is 0 Å². The number of rotatable bonds is 4. The molecule has 120 valence electrons. The molecule has 0 bridgehead atoms. The molecule has 1 amide bonds. The fourth-order valence-electron chi connectivity index (χ4n) is 2.52. The highest BCUT2D eigenvalue weighted by molar-refractivity contribution is 8.00. The topological polar surface area (TPSA) is 20.3 Å². The number of benzene rings is 2. The molecule has 3 rings (SSSR count). The Morgan fingerprint density at radius 1 is 1.22 bits per heavy atom. The molecule has 2 aromatic carbocycles. The zero-order valence-corrected chi connectivity index (χ0v) is 14.1. The first-order chi connectivity index (χ1) is 11.1. The number of nitrogens with zero attached hydrogens (tertiary/aromatic N) is 1. The van der Waals surface area contributed by atoms with Crippen LogP contribution in [0.2, 0.25) is 0 Å². The molecular formula is C17H15F2NOS2. The molecule has 1 unspecified atom stereocenters. The Morgan fingerprint density at radius 2 is 1.96 bits per heavy atom. The van der Waals surface area contributed by atoms with Gasteiger partial charge in [0.25, 0.3) is 0 Å². The maximum absolute atomic E-state index is 13.9. The molecular weight excluding hydrogens is 336 g/mol. The fourth-order valence-corrected chi connectivity index (χ4v) is 4.12. The van der Waals surface area contributed by atoms with Crippen molar-refractivity contribution in [3.05, 3.63) is 65.2 Å². The summed E-state index contributed by atoms with van der Waals surface area (Å²) in [6.07, 6.45) is 2.00. The monoisotopic (exact) mass is 351 g/mol. The van der Waals surface area contributed by atoms with Gasteiger partial charge in [0.15, 0.2) is 11.6 Å². The SMILES string of the molecule is CSc1ccc(C2SCC(=O)N2Cc2cccc(F)c2F)cc1. The van der Waals surface area contributed by atoms with Crippen molar-refractivity contribution in [1.29, 1.82) is 0 Å². The molecule has 0 spiro atoms. The summed E-state index contributed by atoms with van der Waals surface area (Å²) in [7, 11) is 0. The second-order valence-electron chi connectivity index (χ2n) is 5.17.